The molecule has 4 rings (SSSR count). The van der Waals surface area contributed by atoms with Crippen LogP contribution in [0.1, 0.15) is 47.5 Å². The maximum Gasteiger partial charge on any atom is 0.259 e. The van der Waals surface area contributed by atoms with Gasteiger partial charge in [0.15, 0.2) is 0 Å². The Morgan fingerprint density at radius 3 is 2.65 bits per heavy atom. The summed E-state index contributed by atoms with van der Waals surface area (Å²) in [5.41, 5.74) is 1.28. The Bertz CT molecular complexity index is 787. The third kappa shape index (κ3) is 2.89. The Labute approximate surface area is 151 Å². The van der Waals surface area contributed by atoms with Crippen LogP contribution >= 0.6 is 0 Å². The van der Waals surface area contributed by atoms with Gasteiger partial charge < -0.3 is 19.5 Å². The second-order valence-electron chi connectivity index (χ2n) is 7.03. The molecule has 26 heavy (non-hydrogen) atoms. The highest BCUT2D eigenvalue weighted by molar-refractivity contribution is 5.96. The van der Waals surface area contributed by atoms with Crippen molar-refractivity contribution in [2.24, 2.45) is 0 Å². The molecule has 1 amide bonds. The van der Waals surface area contributed by atoms with Crippen molar-refractivity contribution in [2.45, 2.75) is 57.7 Å². The monoisotopic (exact) mass is 357 g/mol. The summed E-state index contributed by atoms with van der Waals surface area (Å²) < 4.78 is 10.3. The van der Waals surface area contributed by atoms with Gasteiger partial charge in [-0.25, -0.2) is 4.98 Å². The van der Waals surface area contributed by atoms with Crippen molar-refractivity contribution < 1.29 is 14.1 Å². The molecule has 2 aliphatic heterocycles. The smallest absolute Gasteiger partial charge is 0.259 e. The predicted molar refractivity (Wildman–Crippen MR) is 94.2 cm³/mol. The number of nitrogens with one attached hydrogen (secondary N) is 1. The number of fused-ring (bicyclic) bond motifs is 2. The second-order valence-corrected chi connectivity index (χ2v) is 7.03. The van der Waals surface area contributed by atoms with Crippen LogP contribution in [0.25, 0.3) is 0 Å². The minimum atomic E-state index is 0.0461. The summed E-state index contributed by atoms with van der Waals surface area (Å²) in [5, 5.41) is 7.33. The number of aryl methyl sites for hydroxylation is 2. The first-order chi connectivity index (χ1) is 12.6. The first-order valence-corrected chi connectivity index (χ1v) is 8.96. The van der Waals surface area contributed by atoms with Crippen LogP contribution in [0.4, 0.5) is 5.95 Å². The molecule has 2 fully saturated rings. The molecular weight excluding hydrogens is 334 g/mol. The van der Waals surface area contributed by atoms with Crippen LogP contribution in [-0.2, 0) is 0 Å². The van der Waals surface area contributed by atoms with Crippen molar-refractivity contribution in [3.8, 4) is 5.88 Å². The summed E-state index contributed by atoms with van der Waals surface area (Å²) >= 11 is 0. The fourth-order valence-corrected chi connectivity index (χ4v) is 4.25. The first kappa shape index (κ1) is 16.8. The van der Waals surface area contributed by atoms with Crippen LogP contribution in [-0.4, -0.2) is 51.2 Å². The number of methoxy groups -OCH3 is 1. The van der Waals surface area contributed by atoms with Gasteiger partial charge in [-0.1, -0.05) is 5.16 Å². The predicted octanol–water partition coefficient (Wildman–Crippen LogP) is 2.34. The number of anilines is 1. The van der Waals surface area contributed by atoms with E-state index in [4.69, 9.17) is 9.26 Å². The van der Waals surface area contributed by atoms with E-state index < -0.39 is 0 Å². The van der Waals surface area contributed by atoms with Gasteiger partial charge in [0.25, 0.3) is 5.91 Å². The summed E-state index contributed by atoms with van der Waals surface area (Å²) in [6, 6.07) is 2.41. The number of rotatable bonds is 4. The van der Waals surface area contributed by atoms with Gasteiger partial charge in [-0.2, -0.15) is 4.98 Å². The molecule has 2 bridgehead atoms. The van der Waals surface area contributed by atoms with E-state index in [9.17, 15) is 4.79 Å². The molecule has 2 saturated heterocycles. The Balaban J connectivity index is 1.48. The van der Waals surface area contributed by atoms with Gasteiger partial charge in [0, 0.05) is 30.4 Å². The number of nitrogens with zero attached hydrogens (tertiary/aromatic N) is 4. The first-order valence-electron chi connectivity index (χ1n) is 8.96. The van der Waals surface area contributed by atoms with E-state index in [2.05, 4.69) is 20.4 Å². The average Bonchev–Trinajstić information content (AvgIpc) is 3.11. The van der Waals surface area contributed by atoms with Gasteiger partial charge in [-0.15, -0.1) is 0 Å². The zero-order chi connectivity index (χ0) is 18.3. The molecule has 8 nitrogen and oxygen atoms in total. The van der Waals surface area contributed by atoms with Gasteiger partial charge in [0.1, 0.15) is 11.3 Å². The lowest BCUT2D eigenvalue weighted by Gasteiger charge is -2.39. The lowest BCUT2D eigenvalue weighted by Crippen LogP contribution is -2.50. The summed E-state index contributed by atoms with van der Waals surface area (Å²) in [4.78, 5) is 23.7. The van der Waals surface area contributed by atoms with E-state index in [-0.39, 0.29) is 24.0 Å². The third-order valence-electron chi connectivity index (χ3n) is 5.39. The van der Waals surface area contributed by atoms with Crippen molar-refractivity contribution >= 4 is 11.9 Å². The summed E-state index contributed by atoms with van der Waals surface area (Å²) in [7, 11) is 1.59. The number of carbonyl (C=O) groups is 1. The Morgan fingerprint density at radius 2 is 2.04 bits per heavy atom. The summed E-state index contributed by atoms with van der Waals surface area (Å²) in [6.45, 7) is 3.61. The highest BCUT2D eigenvalue weighted by Gasteiger charge is 2.44. The molecular formula is C18H23N5O3. The van der Waals surface area contributed by atoms with Crippen LogP contribution in [0.2, 0.25) is 0 Å². The molecule has 2 aromatic heterocycles. The van der Waals surface area contributed by atoms with E-state index >= 15 is 0 Å². The molecule has 138 valence electrons. The average molecular weight is 357 g/mol. The Morgan fingerprint density at radius 1 is 1.31 bits per heavy atom. The molecule has 2 atom stereocenters. The van der Waals surface area contributed by atoms with E-state index in [0.717, 1.165) is 25.7 Å². The van der Waals surface area contributed by atoms with Gasteiger partial charge in [0.05, 0.1) is 12.8 Å². The van der Waals surface area contributed by atoms with Crippen LogP contribution in [0.3, 0.4) is 0 Å². The summed E-state index contributed by atoms with van der Waals surface area (Å²) in [5.74, 6) is 1.75. The lowest BCUT2D eigenvalue weighted by atomic mass is 9.96. The molecule has 0 aromatic carbocycles. The maximum absolute atomic E-state index is 13.1. The molecule has 0 spiro atoms. The third-order valence-corrected chi connectivity index (χ3v) is 5.39. The number of hydrogen-bond acceptors (Lipinski definition) is 7. The number of aromatic nitrogens is 3. The normalized spacial score (nSPS) is 24.6. The van der Waals surface area contributed by atoms with Crippen molar-refractivity contribution in [3.05, 3.63) is 29.3 Å². The Kier molecular flexibility index (Phi) is 4.26. The van der Waals surface area contributed by atoms with Crippen LogP contribution in [0, 0.1) is 13.8 Å². The quantitative estimate of drug-likeness (QED) is 0.897. The van der Waals surface area contributed by atoms with Gasteiger partial charge in [-0.3, -0.25) is 4.79 Å². The van der Waals surface area contributed by atoms with E-state index in [0.29, 0.717) is 28.8 Å². The van der Waals surface area contributed by atoms with Gasteiger partial charge in [0.2, 0.25) is 11.8 Å². The maximum atomic E-state index is 13.1. The highest BCUT2D eigenvalue weighted by Crippen LogP contribution is 2.38. The van der Waals surface area contributed by atoms with Gasteiger partial charge in [-0.05, 0) is 39.5 Å². The van der Waals surface area contributed by atoms with Crippen LogP contribution < -0.4 is 10.1 Å². The standard InChI is InChI=1S/C18H23N5O3/c1-10-16(11(2)26-22-10)17(24)23-13-4-5-14(23)9-12(8-13)20-18-19-7-6-15(21-18)25-3/h6-7,12-14H,4-5,8-9H2,1-3H3,(H,19,20,21). The fraction of sp³-hybridized carbons (Fsp3) is 0.556. The number of hydrogen-bond donors (Lipinski definition) is 1. The zero-order valence-electron chi connectivity index (χ0n) is 15.2. The molecule has 2 unspecified atom stereocenters. The largest absolute Gasteiger partial charge is 0.481 e. The van der Waals surface area contributed by atoms with E-state index in [1.165, 1.54) is 0 Å². The van der Waals surface area contributed by atoms with Crippen molar-refractivity contribution in [1.82, 2.24) is 20.0 Å². The molecule has 4 heterocycles. The molecule has 1 N–H and O–H groups in total. The second kappa shape index (κ2) is 6.59. The van der Waals surface area contributed by atoms with Crippen LogP contribution in [0.5, 0.6) is 5.88 Å². The Hall–Kier alpha value is -2.64. The molecule has 0 aliphatic carbocycles. The number of piperidine rings is 1. The minimum absolute atomic E-state index is 0.0461. The van der Waals surface area contributed by atoms with Crippen molar-refractivity contribution in [1.29, 1.82) is 0 Å². The molecule has 2 aromatic rings. The number of carbonyl (C=O) groups excluding carboxylic acids is 1. The van der Waals surface area contributed by atoms with E-state index in [1.54, 1.807) is 26.3 Å². The number of ether oxygens (including phenoxy) is 1. The fourth-order valence-electron chi connectivity index (χ4n) is 4.25. The SMILES string of the molecule is COc1ccnc(NC2CC3CCC(C2)N3C(=O)c2c(C)noc2C)n1. The minimum Gasteiger partial charge on any atom is -0.481 e. The molecule has 0 radical (unpaired) electrons. The molecule has 0 saturated carbocycles. The van der Waals surface area contributed by atoms with Crippen molar-refractivity contribution in [2.75, 3.05) is 12.4 Å². The topological polar surface area (TPSA) is 93.4 Å². The van der Waals surface area contributed by atoms with Crippen molar-refractivity contribution in [3.63, 3.8) is 0 Å². The number of amides is 1. The van der Waals surface area contributed by atoms with E-state index in [1.807, 2.05) is 11.8 Å². The highest BCUT2D eigenvalue weighted by atomic mass is 16.5. The zero-order valence-corrected chi connectivity index (χ0v) is 15.2. The van der Waals surface area contributed by atoms with Gasteiger partial charge >= 0.3 is 0 Å². The molecule has 2 aliphatic rings. The van der Waals surface area contributed by atoms with Crippen LogP contribution in [0.15, 0.2) is 16.8 Å². The summed E-state index contributed by atoms with van der Waals surface area (Å²) in [6.07, 6.45) is 5.49. The molecule has 8 heteroatoms. The lowest BCUT2D eigenvalue weighted by molar-refractivity contribution is 0.0580.